The monoisotopic (exact) mass is 399 g/mol. The summed E-state index contributed by atoms with van der Waals surface area (Å²) >= 11 is 0. The molecule has 154 valence electrons. The highest BCUT2D eigenvalue weighted by atomic mass is 19.1. The van der Waals surface area contributed by atoms with Crippen molar-refractivity contribution in [2.75, 3.05) is 25.9 Å². The fraction of sp³-hybridized carbons (Fsp3) is 0.364. The third-order valence-electron chi connectivity index (χ3n) is 5.03. The fourth-order valence-corrected chi connectivity index (χ4v) is 3.59. The van der Waals surface area contributed by atoms with E-state index in [1.54, 1.807) is 13.1 Å². The number of rotatable bonds is 3. The maximum absolute atomic E-state index is 14.7. The molecule has 0 saturated carbocycles. The molecule has 2 heterocycles. The van der Waals surface area contributed by atoms with E-state index in [0.29, 0.717) is 27.6 Å². The lowest BCUT2D eigenvalue weighted by molar-refractivity contribution is 0.344. The molecule has 3 N–H and O–H groups in total. The number of nitrogens with one attached hydrogen (secondary N) is 1. The van der Waals surface area contributed by atoms with Gasteiger partial charge in [0.1, 0.15) is 11.3 Å². The topological polar surface area (TPSA) is 68.2 Å². The van der Waals surface area contributed by atoms with Crippen molar-refractivity contribution in [2.24, 2.45) is 4.99 Å². The third-order valence-corrected chi connectivity index (χ3v) is 5.03. The number of aliphatic imine (C=N–C) groups is 1. The number of nitrogen functional groups attached to an aromatic ring is 1. The first-order valence-corrected chi connectivity index (χ1v) is 9.97. The molecule has 0 unspecified atom stereocenters. The Bertz CT molecular complexity index is 1020. The zero-order valence-electron chi connectivity index (χ0n) is 17.0. The van der Waals surface area contributed by atoms with Crippen molar-refractivity contribution in [1.29, 1.82) is 0 Å². The van der Waals surface area contributed by atoms with E-state index in [1.807, 2.05) is 30.8 Å². The predicted octanol–water partition coefficient (Wildman–Crippen LogP) is 4.56. The molecule has 1 aromatic heterocycles. The van der Waals surface area contributed by atoms with Gasteiger partial charge in [-0.25, -0.2) is 8.78 Å². The summed E-state index contributed by atoms with van der Waals surface area (Å²) in [4.78, 5) is 3.90. The van der Waals surface area contributed by atoms with E-state index in [2.05, 4.69) is 15.4 Å². The van der Waals surface area contributed by atoms with Gasteiger partial charge < -0.3 is 11.1 Å². The van der Waals surface area contributed by atoms with Gasteiger partial charge in [0, 0.05) is 30.4 Å². The molecule has 2 aromatic carbocycles. The molecule has 0 amide bonds. The first-order chi connectivity index (χ1) is 14.1. The number of halogens is 2. The van der Waals surface area contributed by atoms with Crippen molar-refractivity contribution < 1.29 is 8.78 Å². The molecular formula is C22H27F2N5. The molecule has 1 aliphatic heterocycles. The van der Waals surface area contributed by atoms with Crippen LogP contribution in [0.1, 0.15) is 38.3 Å². The number of piperidine rings is 1. The van der Waals surface area contributed by atoms with Gasteiger partial charge in [0.2, 0.25) is 0 Å². The van der Waals surface area contributed by atoms with E-state index < -0.39 is 11.6 Å². The lowest BCUT2D eigenvalue weighted by atomic mass is 10.0. The minimum Gasteiger partial charge on any atom is -0.396 e. The van der Waals surface area contributed by atoms with Crippen LogP contribution in [0.15, 0.2) is 35.5 Å². The molecule has 4 rings (SSSR count). The fourth-order valence-electron chi connectivity index (χ4n) is 3.59. The number of nitrogens with zero attached hydrogens (tertiary/aromatic N) is 3. The first-order valence-electron chi connectivity index (χ1n) is 9.97. The van der Waals surface area contributed by atoms with E-state index in [1.165, 1.54) is 18.3 Å². The average molecular weight is 399 g/mol. The van der Waals surface area contributed by atoms with Gasteiger partial charge in [-0.1, -0.05) is 13.8 Å². The van der Waals surface area contributed by atoms with Crippen molar-refractivity contribution in [1.82, 2.24) is 15.1 Å². The standard InChI is InChI=1S/C20H21F2N5.C2H6/c1-24-10-14-6-12(8-17(21)19(14)23)13-7-15-11-27(16-2-4-25-5-3-16)26-20(15)18(22)9-13;1-2/h6-11,16,25H,2-5,23H2,1H3;1-2H3. The smallest absolute Gasteiger partial charge is 0.151 e. The van der Waals surface area contributed by atoms with Gasteiger partial charge in [-0.3, -0.25) is 9.67 Å². The van der Waals surface area contributed by atoms with Crippen LogP contribution in [0, 0.1) is 11.6 Å². The van der Waals surface area contributed by atoms with E-state index >= 15 is 0 Å². The molecule has 0 spiro atoms. The minimum atomic E-state index is -0.548. The largest absolute Gasteiger partial charge is 0.396 e. The molecule has 0 atom stereocenters. The number of nitrogens with two attached hydrogens (primary N) is 1. The second kappa shape index (κ2) is 9.13. The molecule has 0 aliphatic carbocycles. The highest BCUT2D eigenvalue weighted by molar-refractivity contribution is 5.91. The quantitative estimate of drug-likeness (QED) is 0.501. The van der Waals surface area contributed by atoms with Crippen molar-refractivity contribution in [2.45, 2.75) is 32.7 Å². The highest BCUT2D eigenvalue weighted by Crippen LogP contribution is 2.31. The Balaban J connectivity index is 0.00000117. The Morgan fingerprint density at radius 1 is 1.10 bits per heavy atom. The zero-order chi connectivity index (χ0) is 21.0. The third kappa shape index (κ3) is 4.29. The van der Waals surface area contributed by atoms with E-state index in [-0.39, 0.29) is 11.7 Å². The van der Waals surface area contributed by atoms with Crippen LogP contribution in [0.5, 0.6) is 0 Å². The lowest BCUT2D eigenvalue weighted by Crippen LogP contribution is -2.29. The van der Waals surface area contributed by atoms with Crippen LogP contribution in [-0.4, -0.2) is 36.1 Å². The molecule has 0 radical (unpaired) electrons. The number of benzene rings is 2. The lowest BCUT2D eigenvalue weighted by Gasteiger charge is -2.22. The Morgan fingerprint density at radius 3 is 2.45 bits per heavy atom. The van der Waals surface area contributed by atoms with E-state index in [0.717, 1.165) is 25.9 Å². The molecule has 1 fully saturated rings. The maximum atomic E-state index is 14.7. The van der Waals surface area contributed by atoms with Gasteiger partial charge in [0.05, 0.1) is 11.7 Å². The summed E-state index contributed by atoms with van der Waals surface area (Å²) in [7, 11) is 1.59. The highest BCUT2D eigenvalue weighted by Gasteiger charge is 2.18. The number of fused-ring (bicyclic) bond motifs is 1. The normalized spacial score (nSPS) is 14.9. The van der Waals surface area contributed by atoms with Crippen LogP contribution in [-0.2, 0) is 0 Å². The van der Waals surface area contributed by atoms with Gasteiger partial charge in [0.25, 0.3) is 0 Å². The van der Waals surface area contributed by atoms with Crippen LogP contribution in [0.25, 0.3) is 22.0 Å². The number of aromatic nitrogens is 2. The van der Waals surface area contributed by atoms with Crippen molar-refractivity contribution >= 4 is 22.8 Å². The van der Waals surface area contributed by atoms with Crippen LogP contribution in [0.3, 0.4) is 0 Å². The molecule has 5 nitrogen and oxygen atoms in total. The molecule has 29 heavy (non-hydrogen) atoms. The Morgan fingerprint density at radius 2 is 1.76 bits per heavy atom. The van der Waals surface area contributed by atoms with Gasteiger partial charge >= 0.3 is 0 Å². The van der Waals surface area contributed by atoms with Gasteiger partial charge in [0.15, 0.2) is 5.82 Å². The molecule has 0 bridgehead atoms. The number of hydrogen-bond donors (Lipinski definition) is 2. The maximum Gasteiger partial charge on any atom is 0.151 e. The van der Waals surface area contributed by atoms with Gasteiger partial charge in [-0.15, -0.1) is 0 Å². The summed E-state index contributed by atoms with van der Waals surface area (Å²) in [6, 6.07) is 6.52. The van der Waals surface area contributed by atoms with Crippen molar-refractivity contribution in [3.8, 4) is 11.1 Å². The summed E-state index contributed by atoms with van der Waals surface area (Å²) < 4.78 is 30.8. The second-order valence-corrected chi connectivity index (χ2v) is 6.83. The van der Waals surface area contributed by atoms with Crippen LogP contribution in [0.4, 0.5) is 14.5 Å². The molecule has 7 heteroatoms. The molecular weight excluding hydrogens is 372 g/mol. The Kier molecular flexibility index (Phi) is 6.59. The zero-order valence-corrected chi connectivity index (χ0v) is 17.0. The number of anilines is 1. The molecule has 1 aliphatic rings. The average Bonchev–Trinajstić information content (AvgIpc) is 3.18. The van der Waals surface area contributed by atoms with Crippen LogP contribution in [0.2, 0.25) is 0 Å². The van der Waals surface area contributed by atoms with Crippen molar-refractivity contribution in [3.63, 3.8) is 0 Å². The summed E-state index contributed by atoms with van der Waals surface area (Å²) in [5.41, 5.74) is 7.73. The van der Waals surface area contributed by atoms with Crippen LogP contribution < -0.4 is 11.1 Å². The summed E-state index contributed by atoms with van der Waals surface area (Å²) in [6.45, 7) is 5.86. The summed E-state index contributed by atoms with van der Waals surface area (Å²) in [6.07, 6.45) is 5.29. The van der Waals surface area contributed by atoms with Crippen molar-refractivity contribution in [3.05, 3.63) is 47.7 Å². The Hall–Kier alpha value is -2.80. The molecule has 3 aromatic rings. The Labute approximate surface area is 169 Å². The van der Waals surface area contributed by atoms with Gasteiger partial charge in [-0.05, 0) is 61.3 Å². The first kappa shape index (κ1) is 20.9. The minimum absolute atomic E-state index is 0.0321. The van der Waals surface area contributed by atoms with E-state index in [9.17, 15) is 8.78 Å². The molecule has 1 saturated heterocycles. The predicted molar refractivity (Wildman–Crippen MR) is 116 cm³/mol. The van der Waals surface area contributed by atoms with E-state index in [4.69, 9.17) is 5.73 Å². The van der Waals surface area contributed by atoms with Crippen LogP contribution >= 0.6 is 0 Å². The summed E-state index contributed by atoms with van der Waals surface area (Å²) in [5.74, 6) is -0.966. The SMILES string of the molecule is CC.CN=Cc1cc(-c2cc(F)c3nn(C4CCNCC4)cc3c2)cc(F)c1N. The number of hydrogen-bond acceptors (Lipinski definition) is 4. The second-order valence-electron chi connectivity index (χ2n) is 6.83. The summed E-state index contributed by atoms with van der Waals surface area (Å²) in [5, 5.41) is 8.46. The van der Waals surface area contributed by atoms with Gasteiger partial charge in [-0.2, -0.15) is 5.10 Å².